The summed E-state index contributed by atoms with van der Waals surface area (Å²) >= 11 is 4.78. The molecule has 0 N–H and O–H groups in total. The molecule has 2 fully saturated rings. The lowest BCUT2D eigenvalue weighted by molar-refractivity contribution is -0.124. The van der Waals surface area contributed by atoms with Gasteiger partial charge in [0, 0.05) is 30.1 Å². The topological polar surface area (TPSA) is 82.3 Å². The second-order valence-electron chi connectivity index (χ2n) is 8.78. The maximum atomic E-state index is 15.1. The number of carbonyl (C=O) groups is 1. The van der Waals surface area contributed by atoms with Gasteiger partial charge in [-0.1, -0.05) is 6.07 Å². The van der Waals surface area contributed by atoms with Crippen LogP contribution in [-0.4, -0.2) is 33.5 Å². The smallest absolute Gasteiger partial charge is 0.255 e. The number of amides is 1. The maximum Gasteiger partial charge on any atom is 0.255 e. The molecule has 1 atom stereocenters. The van der Waals surface area contributed by atoms with E-state index in [1.54, 1.807) is 36.2 Å². The van der Waals surface area contributed by atoms with Gasteiger partial charge in [0.25, 0.3) is 5.91 Å². The summed E-state index contributed by atoms with van der Waals surface area (Å²) in [7, 11) is 0. The first-order valence-electron chi connectivity index (χ1n) is 11.4. The number of nitrogens with zero attached hydrogens (tertiary/aromatic N) is 5. The number of thiol groups is 1. The Hall–Kier alpha value is -3.64. The summed E-state index contributed by atoms with van der Waals surface area (Å²) in [5, 5.41) is 9.19. The number of ether oxygens (including phenoxy) is 1. The Labute approximate surface area is 208 Å². The number of hydrogen-bond donors (Lipinski definition) is 1. The fraction of sp³-hybridized carbons (Fsp3) is 0.308. The number of anilines is 2. The molecule has 2 aliphatic rings. The number of aryl methyl sites for hydroxylation is 1. The zero-order chi connectivity index (χ0) is 24.6. The molecule has 0 bridgehead atoms. The molecule has 1 saturated heterocycles. The molecule has 9 heteroatoms. The summed E-state index contributed by atoms with van der Waals surface area (Å²) in [5.74, 6) is -0.441. The van der Waals surface area contributed by atoms with Crippen LogP contribution in [0.5, 0.6) is 5.75 Å². The van der Waals surface area contributed by atoms with Crippen LogP contribution in [0.15, 0.2) is 54.9 Å². The Kier molecular flexibility index (Phi) is 6.07. The minimum absolute atomic E-state index is 0.0919. The third-order valence-corrected chi connectivity index (χ3v) is 7.17. The summed E-state index contributed by atoms with van der Waals surface area (Å²) in [6, 6.07) is 14.2. The molecule has 5 rings (SSSR count). The lowest BCUT2D eigenvalue weighted by Crippen LogP contribution is -2.55. The molecule has 1 aliphatic heterocycles. The van der Waals surface area contributed by atoms with Gasteiger partial charge in [-0.05, 0) is 62.1 Å². The van der Waals surface area contributed by atoms with Crippen LogP contribution in [0.1, 0.15) is 36.2 Å². The van der Waals surface area contributed by atoms with Crippen molar-refractivity contribution in [2.45, 2.75) is 43.6 Å². The highest BCUT2D eigenvalue weighted by atomic mass is 32.1. The molecule has 0 radical (unpaired) electrons. The van der Waals surface area contributed by atoms with Crippen LogP contribution in [0, 0.1) is 24.1 Å². The van der Waals surface area contributed by atoms with Gasteiger partial charge in [0.05, 0.1) is 18.5 Å². The zero-order valence-corrected chi connectivity index (χ0v) is 20.1. The van der Waals surface area contributed by atoms with Crippen LogP contribution in [0.25, 0.3) is 0 Å². The first-order chi connectivity index (χ1) is 16.9. The Morgan fingerprint density at radius 3 is 2.69 bits per heavy atom. The molecule has 3 aromatic rings. The van der Waals surface area contributed by atoms with Gasteiger partial charge in [0.15, 0.2) is 17.1 Å². The van der Waals surface area contributed by atoms with Crippen LogP contribution in [0.4, 0.5) is 15.8 Å². The van der Waals surface area contributed by atoms with Crippen molar-refractivity contribution in [3.8, 4) is 11.8 Å². The molecule has 1 aromatic carbocycles. The first kappa shape index (κ1) is 23.1. The predicted molar refractivity (Wildman–Crippen MR) is 133 cm³/mol. The Bertz CT molecular complexity index is 1310. The van der Waals surface area contributed by atoms with E-state index in [-0.39, 0.29) is 11.7 Å². The minimum Gasteiger partial charge on any atom is -0.490 e. The molecule has 1 amide bonds. The number of aromatic nitrogens is 2. The quantitative estimate of drug-likeness (QED) is 0.517. The first-order valence-corrected chi connectivity index (χ1v) is 12.0. The average molecular weight is 490 g/mol. The second kappa shape index (κ2) is 9.19. The van der Waals surface area contributed by atoms with Gasteiger partial charge in [-0.25, -0.2) is 9.37 Å². The Morgan fingerprint density at radius 1 is 1.23 bits per heavy atom. The number of rotatable bonds is 6. The molecule has 1 saturated carbocycles. The molecule has 3 heterocycles. The number of nitriles is 1. The fourth-order valence-corrected chi connectivity index (χ4v) is 5.34. The Morgan fingerprint density at radius 2 is 2.06 bits per heavy atom. The van der Waals surface area contributed by atoms with Crippen molar-refractivity contribution >= 4 is 29.9 Å². The van der Waals surface area contributed by atoms with E-state index >= 15 is 4.39 Å². The molecule has 1 spiro atoms. The predicted octanol–water partition coefficient (Wildman–Crippen LogP) is 4.41. The summed E-state index contributed by atoms with van der Waals surface area (Å²) in [6.45, 7) is 2.08. The molecule has 35 heavy (non-hydrogen) atoms. The molecule has 178 valence electrons. The Balaban J connectivity index is 1.39. The number of halogens is 1. The number of benzene rings is 1. The standard InChI is InChI=1S/C26H24FN5O2S/c1-17-13-20(16-30-22(17)15-28)31-24(33)26(9-4-10-26)32(25(31)35)19-6-7-23(21(27)14-19)34-12-8-18-5-2-3-11-29-18/h2-3,5-7,11,13-14,16,25,35H,4,8-10,12H2,1H3. The highest BCUT2D eigenvalue weighted by Crippen LogP contribution is 2.50. The van der Waals surface area contributed by atoms with Gasteiger partial charge in [0.2, 0.25) is 0 Å². The van der Waals surface area contributed by atoms with Crippen LogP contribution in [0.2, 0.25) is 0 Å². The van der Waals surface area contributed by atoms with Gasteiger partial charge >= 0.3 is 0 Å². The lowest BCUT2D eigenvalue weighted by Gasteiger charge is -2.44. The fourth-order valence-electron chi connectivity index (χ4n) is 4.74. The second-order valence-corrected chi connectivity index (χ2v) is 9.24. The SMILES string of the molecule is Cc1cc(N2C(=O)C3(CCC3)N(c3ccc(OCCc4ccccn4)c(F)c3)C2S)cnc1C#N. The molecule has 1 aliphatic carbocycles. The summed E-state index contributed by atoms with van der Waals surface area (Å²) in [5.41, 5.74) is 1.57. The van der Waals surface area contributed by atoms with Gasteiger partial charge in [-0.2, -0.15) is 5.26 Å². The molecule has 7 nitrogen and oxygen atoms in total. The van der Waals surface area contributed by atoms with E-state index in [0.717, 1.165) is 12.1 Å². The van der Waals surface area contributed by atoms with E-state index in [0.29, 0.717) is 48.5 Å². The highest BCUT2D eigenvalue weighted by Gasteiger charge is 2.60. The third kappa shape index (κ3) is 3.98. The summed E-state index contributed by atoms with van der Waals surface area (Å²) in [6.07, 6.45) is 6.01. The van der Waals surface area contributed by atoms with Crippen LogP contribution >= 0.6 is 12.6 Å². The normalized spacial score (nSPS) is 18.5. The molecule has 2 aromatic heterocycles. The van der Waals surface area contributed by atoms with Gasteiger partial charge < -0.3 is 9.64 Å². The monoisotopic (exact) mass is 489 g/mol. The van der Waals surface area contributed by atoms with Crippen LogP contribution < -0.4 is 14.5 Å². The summed E-state index contributed by atoms with van der Waals surface area (Å²) < 4.78 is 20.7. The van der Waals surface area contributed by atoms with E-state index in [1.807, 2.05) is 29.2 Å². The maximum absolute atomic E-state index is 15.1. The molecule has 1 unspecified atom stereocenters. The number of carbonyl (C=O) groups excluding carboxylic acids is 1. The van der Waals surface area contributed by atoms with Crippen molar-refractivity contribution in [3.05, 3.63) is 77.6 Å². The summed E-state index contributed by atoms with van der Waals surface area (Å²) in [4.78, 5) is 25.5. The van der Waals surface area contributed by atoms with Crippen molar-refractivity contribution in [1.82, 2.24) is 9.97 Å². The number of hydrogen-bond acceptors (Lipinski definition) is 7. The van der Waals surface area contributed by atoms with E-state index in [1.165, 1.54) is 12.3 Å². The zero-order valence-electron chi connectivity index (χ0n) is 19.2. The van der Waals surface area contributed by atoms with E-state index in [9.17, 15) is 10.1 Å². The highest BCUT2D eigenvalue weighted by molar-refractivity contribution is 7.81. The van der Waals surface area contributed by atoms with Gasteiger partial charge in [-0.15, -0.1) is 12.6 Å². The third-order valence-electron chi connectivity index (χ3n) is 6.70. The largest absolute Gasteiger partial charge is 0.490 e. The van der Waals surface area contributed by atoms with Crippen molar-refractivity contribution < 1.29 is 13.9 Å². The van der Waals surface area contributed by atoms with Gasteiger partial charge in [-0.3, -0.25) is 14.7 Å². The lowest BCUT2D eigenvalue weighted by atomic mass is 9.75. The minimum atomic E-state index is -0.776. The van der Waals surface area contributed by atoms with Crippen molar-refractivity contribution in [3.63, 3.8) is 0 Å². The van der Waals surface area contributed by atoms with Crippen LogP contribution in [0.3, 0.4) is 0 Å². The van der Waals surface area contributed by atoms with Crippen molar-refractivity contribution in [1.29, 1.82) is 5.26 Å². The van der Waals surface area contributed by atoms with E-state index in [4.69, 9.17) is 17.4 Å². The van der Waals surface area contributed by atoms with Crippen molar-refractivity contribution in [2.75, 3.05) is 16.4 Å². The van der Waals surface area contributed by atoms with Crippen LogP contribution in [-0.2, 0) is 11.2 Å². The average Bonchev–Trinajstić information content (AvgIpc) is 3.07. The molecular formula is C26H24FN5O2S. The van der Waals surface area contributed by atoms with Crippen molar-refractivity contribution in [2.24, 2.45) is 0 Å². The molecular weight excluding hydrogens is 465 g/mol. The van der Waals surface area contributed by atoms with E-state index < -0.39 is 16.9 Å². The van der Waals surface area contributed by atoms with Gasteiger partial charge in [0.1, 0.15) is 17.3 Å². The number of pyridine rings is 2. The van der Waals surface area contributed by atoms with E-state index in [2.05, 4.69) is 9.97 Å².